The molecule has 2 fully saturated rings. The van der Waals surface area contributed by atoms with Crippen molar-refractivity contribution in [1.29, 1.82) is 0 Å². The van der Waals surface area contributed by atoms with Crippen LogP contribution in [0.1, 0.15) is 36.8 Å². The minimum Gasteiger partial charge on any atom is -0.310 e. The van der Waals surface area contributed by atoms with Gasteiger partial charge in [-0.15, -0.1) is 0 Å². The normalized spacial score (nSPS) is 18.3. The third-order valence-corrected chi connectivity index (χ3v) is 14.9. The minimum absolute atomic E-state index is 0.0736. The van der Waals surface area contributed by atoms with Crippen molar-refractivity contribution < 1.29 is 0 Å². The van der Waals surface area contributed by atoms with Crippen molar-refractivity contribution in [1.82, 2.24) is 4.57 Å². The van der Waals surface area contributed by atoms with Crippen molar-refractivity contribution in [3.8, 4) is 50.2 Å². The van der Waals surface area contributed by atoms with E-state index in [9.17, 15) is 0 Å². The van der Waals surface area contributed by atoms with E-state index in [-0.39, 0.29) is 5.41 Å². The summed E-state index contributed by atoms with van der Waals surface area (Å²) in [5.41, 5.74) is 20.4. The van der Waals surface area contributed by atoms with Gasteiger partial charge in [-0.05, 0) is 136 Å². The summed E-state index contributed by atoms with van der Waals surface area (Å²) in [6.07, 6.45) is 5.29. The number of fused-ring (bicyclic) bond motifs is 11. The minimum atomic E-state index is 0.0736. The standard InChI is InChI=1S/C61H46N2/c1-2-16-42(17-3-1)47-18-4-5-19-48(47)49-20-6-7-21-50(49)53-23-9-13-27-58(53)62(44-32-34-45(35-33-44)63-59-28-14-10-24-54(59)55-25-11-15-29-60(55)63)46-36-37-52-51-22-8-12-26-56(51)61(57(52)39-46)40-41-30-31-43(61)38-41/h1-29,32-37,39,41,43H,30-31,38,40H2. The van der Waals surface area contributed by atoms with Gasteiger partial charge in [0.2, 0.25) is 0 Å². The van der Waals surface area contributed by atoms with E-state index >= 15 is 0 Å². The molecule has 3 aliphatic carbocycles. The van der Waals surface area contributed by atoms with Crippen LogP contribution in [0.3, 0.4) is 0 Å². The van der Waals surface area contributed by atoms with Gasteiger partial charge in [0.05, 0.1) is 16.7 Å². The highest BCUT2D eigenvalue weighted by atomic mass is 15.1. The van der Waals surface area contributed by atoms with Crippen LogP contribution in [-0.2, 0) is 5.41 Å². The molecular formula is C61H46N2. The molecular weight excluding hydrogens is 761 g/mol. The van der Waals surface area contributed by atoms with Crippen LogP contribution >= 0.6 is 0 Å². The molecule has 1 aromatic heterocycles. The maximum absolute atomic E-state index is 2.59. The van der Waals surface area contributed by atoms with E-state index in [4.69, 9.17) is 0 Å². The van der Waals surface area contributed by atoms with Crippen molar-refractivity contribution in [3.63, 3.8) is 0 Å². The average Bonchev–Trinajstić information content (AvgIpc) is 4.13. The highest BCUT2D eigenvalue weighted by Crippen LogP contribution is 2.66. The Balaban J connectivity index is 1.02. The molecule has 63 heavy (non-hydrogen) atoms. The Morgan fingerprint density at radius 1 is 0.413 bits per heavy atom. The number of para-hydroxylation sites is 3. The molecule has 2 nitrogen and oxygen atoms in total. The predicted octanol–water partition coefficient (Wildman–Crippen LogP) is 16.3. The molecule has 9 aromatic carbocycles. The van der Waals surface area contributed by atoms with Crippen LogP contribution in [0, 0.1) is 11.8 Å². The summed E-state index contributed by atoms with van der Waals surface area (Å²) in [5, 5.41) is 2.54. The van der Waals surface area contributed by atoms with Gasteiger partial charge in [-0.25, -0.2) is 0 Å². The van der Waals surface area contributed by atoms with E-state index in [0.717, 1.165) is 23.0 Å². The van der Waals surface area contributed by atoms with Crippen molar-refractivity contribution in [3.05, 3.63) is 230 Å². The molecule has 13 rings (SSSR count). The second-order valence-corrected chi connectivity index (χ2v) is 18.0. The molecule has 3 unspecified atom stereocenters. The van der Waals surface area contributed by atoms with E-state index in [2.05, 4.69) is 228 Å². The van der Waals surface area contributed by atoms with Crippen molar-refractivity contribution in [2.24, 2.45) is 11.8 Å². The summed E-state index contributed by atoms with van der Waals surface area (Å²) in [6.45, 7) is 0. The van der Waals surface area contributed by atoms with Crippen LogP contribution in [0.15, 0.2) is 218 Å². The van der Waals surface area contributed by atoms with Gasteiger partial charge in [0.15, 0.2) is 0 Å². The number of benzene rings is 9. The zero-order valence-corrected chi connectivity index (χ0v) is 35.2. The van der Waals surface area contributed by atoms with Gasteiger partial charge in [-0.3, -0.25) is 0 Å². The highest BCUT2D eigenvalue weighted by Gasteiger charge is 2.56. The molecule has 2 bridgehead atoms. The Kier molecular flexibility index (Phi) is 8.24. The first-order chi connectivity index (χ1) is 31.2. The SMILES string of the molecule is c1ccc(-c2ccccc2-c2ccccc2-c2ccccc2N(c2ccc(-n3c4ccccc4c4ccccc43)cc2)c2ccc3c(c2)C2(CC4CCC2C4)c2ccccc2-3)cc1. The number of aromatic nitrogens is 1. The molecule has 0 amide bonds. The van der Waals surface area contributed by atoms with Gasteiger partial charge in [0.1, 0.15) is 0 Å². The summed E-state index contributed by atoms with van der Waals surface area (Å²) in [7, 11) is 0. The van der Waals surface area contributed by atoms with Crippen LogP contribution in [0.5, 0.6) is 0 Å². The van der Waals surface area contributed by atoms with Gasteiger partial charge >= 0.3 is 0 Å². The molecule has 2 heteroatoms. The third kappa shape index (κ3) is 5.50. The average molecular weight is 807 g/mol. The molecule has 3 aliphatic rings. The summed E-state index contributed by atoms with van der Waals surface area (Å²) in [6, 6.07) is 81.3. The van der Waals surface area contributed by atoms with Gasteiger partial charge in [0.25, 0.3) is 0 Å². The summed E-state index contributed by atoms with van der Waals surface area (Å²) < 4.78 is 2.42. The van der Waals surface area contributed by atoms with E-state index in [1.54, 1.807) is 5.56 Å². The zero-order valence-electron chi connectivity index (χ0n) is 35.2. The second-order valence-electron chi connectivity index (χ2n) is 18.0. The molecule has 0 aliphatic heterocycles. The molecule has 0 N–H and O–H groups in total. The summed E-state index contributed by atoms with van der Waals surface area (Å²) in [5.74, 6) is 1.49. The molecule has 3 atom stereocenters. The lowest BCUT2D eigenvalue weighted by Crippen LogP contribution is -2.32. The van der Waals surface area contributed by atoms with E-state index < -0.39 is 0 Å². The van der Waals surface area contributed by atoms with Crippen LogP contribution in [0.2, 0.25) is 0 Å². The molecule has 10 aromatic rings. The monoisotopic (exact) mass is 806 g/mol. The van der Waals surface area contributed by atoms with Crippen molar-refractivity contribution in [2.45, 2.75) is 31.1 Å². The van der Waals surface area contributed by atoms with Gasteiger partial charge in [-0.1, -0.05) is 170 Å². The zero-order chi connectivity index (χ0) is 41.5. The Morgan fingerprint density at radius 2 is 0.952 bits per heavy atom. The lowest BCUT2D eigenvalue weighted by molar-refractivity contribution is 0.327. The van der Waals surface area contributed by atoms with Crippen molar-refractivity contribution >= 4 is 38.9 Å². The molecule has 0 radical (unpaired) electrons. The molecule has 1 spiro atoms. The Bertz CT molecular complexity index is 3320. The van der Waals surface area contributed by atoms with Gasteiger partial charge in [-0.2, -0.15) is 0 Å². The number of anilines is 3. The van der Waals surface area contributed by atoms with Gasteiger partial charge in [0, 0.05) is 38.8 Å². The van der Waals surface area contributed by atoms with Crippen LogP contribution < -0.4 is 4.90 Å². The van der Waals surface area contributed by atoms with Gasteiger partial charge < -0.3 is 9.47 Å². The molecule has 2 saturated carbocycles. The number of hydrogen-bond acceptors (Lipinski definition) is 1. The fourth-order valence-corrected chi connectivity index (χ4v) is 12.3. The molecule has 1 heterocycles. The maximum Gasteiger partial charge on any atom is 0.0541 e. The van der Waals surface area contributed by atoms with Crippen LogP contribution in [0.4, 0.5) is 17.1 Å². The Hall–Kier alpha value is -7.42. The summed E-state index contributed by atoms with van der Waals surface area (Å²) in [4.78, 5) is 2.54. The quantitative estimate of drug-likeness (QED) is 0.156. The molecule has 0 saturated heterocycles. The predicted molar refractivity (Wildman–Crippen MR) is 263 cm³/mol. The highest BCUT2D eigenvalue weighted by molar-refractivity contribution is 6.09. The topological polar surface area (TPSA) is 8.17 Å². The lowest BCUT2D eigenvalue weighted by atomic mass is 9.67. The first kappa shape index (κ1) is 36.3. The first-order valence-corrected chi connectivity index (χ1v) is 22.7. The number of hydrogen-bond donors (Lipinski definition) is 0. The molecule has 300 valence electrons. The summed E-state index contributed by atoms with van der Waals surface area (Å²) >= 11 is 0. The number of nitrogens with zero attached hydrogens (tertiary/aromatic N) is 2. The first-order valence-electron chi connectivity index (χ1n) is 22.7. The maximum atomic E-state index is 2.59. The van der Waals surface area contributed by atoms with E-state index in [1.165, 1.54) is 103 Å². The van der Waals surface area contributed by atoms with E-state index in [1.807, 2.05) is 0 Å². The Morgan fingerprint density at radius 3 is 1.63 bits per heavy atom. The van der Waals surface area contributed by atoms with E-state index in [0.29, 0.717) is 5.92 Å². The smallest absolute Gasteiger partial charge is 0.0541 e. The largest absolute Gasteiger partial charge is 0.310 e. The third-order valence-electron chi connectivity index (χ3n) is 14.9. The lowest BCUT2D eigenvalue weighted by Gasteiger charge is -2.37. The number of rotatable bonds is 7. The fraction of sp³-hybridized carbons (Fsp3) is 0.115. The second kappa shape index (κ2) is 14.3. The van der Waals surface area contributed by atoms with Crippen LogP contribution in [0.25, 0.3) is 72.0 Å². The fourth-order valence-electron chi connectivity index (χ4n) is 12.3. The van der Waals surface area contributed by atoms with Crippen molar-refractivity contribution in [2.75, 3.05) is 4.90 Å². The Labute approximate surface area is 369 Å². The van der Waals surface area contributed by atoms with Crippen LogP contribution in [-0.4, -0.2) is 4.57 Å².